The van der Waals surface area contributed by atoms with Crippen molar-refractivity contribution >= 4 is 0 Å². The van der Waals surface area contributed by atoms with Gasteiger partial charge in [0.2, 0.25) is 0 Å². The maximum Gasteiger partial charge on any atom is 0.169 e. The summed E-state index contributed by atoms with van der Waals surface area (Å²) in [6.07, 6.45) is 0. The molecule has 0 aliphatic carbocycles. The van der Waals surface area contributed by atoms with Gasteiger partial charge in [0, 0.05) is 6.07 Å². The summed E-state index contributed by atoms with van der Waals surface area (Å²) in [6, 6.07) is 14.0. The van der Waals surface area contributed by atoms with E-state index in [1.807, 2.05) is 24.3 Å². The Morgan fingerprint density at radius 2 is 1.69 bits per heavy atom. The van der Waals surface area contributed by atoms with E-state index >= 15 is 0 Å². The van der Waals surface area contributed by atoms with Crippen LogP contribution in [0.15, 0.2) is 48.5 Å². The van der Waals surface area contributed by atoms with Crippen molar-refractivity contribution in [3.05, 3.63) is 48.5 Å². The quantitative estimate of drug-likeness (QED) is 0.856. The lowest BCUT2D eigenvalue weighted by Crippen LogP contribution is -1.89. The summed E-state index contributed by atoms with van der Waals surface area (Å²) in [5.74, 6) is 2.03. The van der Waals surface area contributed by atoms with Gasteiger partial charge >= 0.3 is 0 Å². The fourth-order valence-electron chi connectivity index (χ4n) is 1.38. The predicted octanol–water partition coefficient (Wildman–Crippen LogP) is 3.19. The van der Waals surface area contributed by atoms with Gasteiger partial charge in [-0.3, -0.25) is 0 Å². The summed E-state index contributed by atoms with van der Waals surface area (Å²) in [7, 11) is 1.59. The summed E-state index contributed by atoms with van der Waals surface area (Å²) in [6.45, 7) is 0. The highest BCUT2D eigenvalue weighted by Crippen LogP contribution is 2.31. The van der Waals surface area contributed by atoms with Crippen molar-refractivity contribution in [2.45, 2.75) is 0 Å². The Bertz CT molecular complexity index is 480. The number of hydrogen-bond acceptors (Lipinski definition) is 3. The first-order valence-electron chi connectivity index (χ1n) is 4.89. The second-order valence-electron chi connectivity index (χ2n) is 3.25. The zero-order chi connectivity index (χ0) is 11.4. The molecule has 0 heterocycles. The van der Waals surface area contributed by atoms with Crippen LogP contribution < -0.4 is 9.47 Å². The fraction of sp³-hybridized carbons (Fsp3) is 0.0769. The molecule has 0 fully saturated rings. The normalized spacial score (nSPS) is 9.81. The van der Waals surface area contributed by atoms with Crippen molar-refractivity contribution in [2.75, 3.05) is 7.11 Å². The summed E-state index contributed by atoms with van der Waals surface area (Å²) in [4.78, 5) is 0. The van der Waals surface area contributed by atoms with Gasteiger partial charge in [0.05, 0.1) is 7.11 Å². The Kier molecular flexibility index (Phi) is 2.96. The van der Waals surface area contributed by atoms with Gasteiger partial charge in [0.1, 0.15) is 11.5 Å². The van der Waals surface area contributed by atoms with Gasteiger partial charge < -0.3 is 14.6 Å². The smallest absolute Gasteiger partial charge is 0.169 e. The molecule has 0 saturated carbocycles. The van der Waals surface area contributed by atoms with Gasteiger partial charge in [-0.15, -0.1) is 0 Å². The van der Waals surface area contributed by atoms with Gasteiger partial charge in [0.25, 0.3) is 0 Å². The van der Waals surface area contributed by atoms with E-state index in [4.69, 9.17) is 9.47 Å². The molecular weight excluding hydrogens is 204 g/mol. The maximum atomic E-state index is 9.31. The highest BCUT2D eigenvalue weighted by Gasteiger charge is 2.04. The molecule has 0 saturated heterocycles. The molecule has 0 aromatic heterocycles. The number of phenolic OH excluding ortho intramolecular Hbond substituents is 1. The van der Waals surface area contributed by atoms with E-state index in [9.17, 15) is 5.11 Å². The van der Waals surface area contributed by atoms with Crippen molar-refractivity contribution in [2.24, 2.45) is 0 Å². The van der Waals surface area contributed by atoms with Crippen molar-refractivity contribution < 1.29 is 14.6 Å². The highest BCUT2D eigenvalue weighted by molar-refractivity contribution is 5.43. The second-order valence-corrected chi connectivity index (χ2v) is 3.25. The van der Waals surface area contributed by atoms with E-state index in [0.29, 0.717) is 17.2 Å². The molecule has 0 aliphatic heterocycles. The SMILES string of the molecule is COc1ccccc1Oc1cccc(O)c1. The minimum atomic E-state index is 0.174. The van der Waals surface area contributed by atoms with Gasteiger partial charge in [-0.25, -0.2) is 0 Å². The number of benzene rings is 2. The van der Waals surface area contributed by atoms with Crippen LogP contribution in [0, 0.1) is 0 Å². The van der Waals surface area contributed by atoms with Crippen LogP contribution in [0.5, 0.6) is 23.0 Å². The molecule has 3 heteroatoms. The first kappa shape index (κ1) is 10.4. The molecule has 3 nitrogen and oxygen atoms in total. The number of para-hydroxylation sites is 2. The molecule has 2 rings (SSSR count). The third-order valence-electron chi connectivity index (χ3n) is 2.11. The fourth-order valence-corrected chi connectivity index (χ4v) is 1.38. The summed E-state index contributed by atoms with van der Waals surface area (Å²) in [5.41, 5.74) is 0. The summed E-state index contributed by atoms with van der Waals surface area (Å²) < 4.78 is 10.8. The largest absolute Gasteiger partial charge is 0.508 e. The number of aromatic hydroxyl groups is 1. The van der Waals surface area contributed by atoms with Gasteiger partial charge in [0.15, 0.2) is 11.5 Å². The maximum absolute atomic E-state index is 9.31. The van der Waals surface area contributed by atoms with E-state index in [-0.39, 0.29) is 5.75 Å². The standard InChI is InChI=1S/C13H12O3/c1-15-12-7-2-3-8-13(12)16-11-6-4-5-10(14)9-11/h2-9,14H,1H3. The van der Waals surface area contributed by atoms with Gasteiger partial charge in [-0.2, -0.15) is 0 Å². The molecule has 0 atom stereocenters. The van der Waals surface area contributed by atoms with Gasteiger partial charge in [-0.05, 0) is 24.3 Å². The average Bonchev–Trinajstić information content (AvgIpc) is 2.30. The van der Waals surface area contributed by atoms with E-state index in [1.54, 1.807) is 31.4 Å². The Morgan fingerprint density at radius 3 is 2.38 bits per heavy atom. The second kappa shape index (κ2) is 4.57. The lowest BCUT2D eigenvalue weighted by molar-refractivity contribution is 0.377. The zero-order valence-corrected chi connectivity index (χ0v) is 8.88. The number of ether oxygens (including phenoxy) is 2. The first-order valence-corrected chi connectivity index (χ1v) is 4.89. The zero-order valence-electron chi connectivity index (χ0n) is 8.88. The monoisotopic (exact) mass is 216 g/mol. The van der Waals surface area contributed by atoms with Crippen LogP contribution in [-0.2, 0) is 0 Å². The molecular formula is C13H12O3. The minimum Gasteiger partial charge on any atom is -0.508 e. The molecule has 0 unspecified atom stereocenters. The Labute approximate surface area is 93.9 Å². The van der Waals surface area contributed by atoms with Crippen LogP contribution >= 0.6 is 0 Å². The molecule has 82 valence electrons. The molecule has 0 bridgehead atoms. The average molecular weight is 216 g/mol. The minimum absolute atomic E-state index is 0.174. The van der Waals surface area contributed by atoms with Crippen LogP contribution in [0.1, 0.15) is 0 Å². The summed E-state index contributed by atoms with van der Waals surface area (Å²) >= 11 is 0. The van der Waals surface area contributed by atoms with E-state index in [1.165, 1.54) is 0 Å². The molecule has 2 aromatic carbocycles. The highest BCUT2D eigenvalue weighted by atomic mass is 16.5. The van der Waals surface area contributed by atoms with Crippen LogP contribution in [0.2, 0.25) is 0 Å². The molecule has 2 aromatic rings. The van der Waals surface area contributed by atoms with Crippen LogP contribution in [0.4, 0.5) is 0 Å². The third kappa shape index (κ3) is 2.25. The van der Waals surface area contributed by atoms with Crippen LogP contribution in [0.25, 0.3) is 0 Å². The number of phenols is 1. The molecule has 0 spiro atoms. The van der Waals surface area contributed by atoms with E-state index < -0.39 is 0 Å². The molecule has 0 radical (unpaired) electrons. The predicted molar refractivity (Wildman–Crippen MR) is 61.2 cm³/mol. The van der Waals surface area contributed by atoms with Crippen molar-refractivity contribution in [3.63, 3.8) is 0 Å². The Morgan fingerprint density at radius 1 is 0.938 bits per heavy atom. The van der Waals surface area contributed by atoms with Gasteiger partial charge in [-0.1, -0.05) is 18.2 Å². The Hall–Kier alpha value is -2.16. The van der Waals surface area contributed by atoms with Crippen molar-refractivity contribution in [1.82, 2.24) is 0 Å². The van der Waals surface area contributed by atoms with Crippen LogP contribution in [-0.4, -0.2) is 12.2 Å². The molecule has 16 heavy (non-hydrogen) atoms. The molecule has 0 aliphatic rings. The Balaban J connectivity index is 2.26. The first-order chi connectivity index (χ1) is 7.79. The lowest BCUT2D eigenvalue weighted by atomic mass is 10.3. The van der Waals surface area contributed by atoms with Crippen LogP contribution in [0.3, 0.4) is 0 Å². The number of hydrogen-bond donors (Lipinski definition) is 1. The summed E-state index contributed by atoms with van der Waals surface area (Å²) in [5, 5.41) is 9.31. The number of methoxy groups -OCH3 is 1. The van der Waals surface area contributed by atoms with Crippen molar-refractivity contribution in [1.29, 1.82) is 0 Å². The number of rotatable bonds is 3. The third-order valence-corrected chi connectivity index (χ3v) is 2.11. The molecule has 1 N–H and O–H groups in total. The topological polar surface area (TPSA) is 38.7 Å². The molecule has 0 amide bonds. The van der Waals surface area contributed by atoms with Crippen molar-refractivity contribution in [3.8, 4) is 23.0 Å². The van der Waals surface area contributed by atoms with E-state index in [2.05, 4.69) is 0 Å². The lowest BCUT2D eigenvalue weighted by Gasteiger charge is -2.09. The van der Waals surface area contributed by atoms with E-state index in [0.717, 1.165) is 0 Å².